The summed E-state index contributed by atoms with van der Waals surface area (Å²) in [6, 6.07) is 8.08. The standard InChI is InChI=1S/C30H33F6N3O4S/c1-28(2,3)43-27(41)39-12-11-21(18-39)37-20-5-4-6-22(17-20)44-23-9-7-19(8-10-24(40)38-13-15-42-16-14-38)25(29(31,32)33)26(23)30(34,35)36/h4-10,17,21,37H,11-16,18H2,1-3H3/b10-8+. The molecule has 0 radical (unpaired) electrons. The zero-order valence-electron chi connectivity index (χ0n) is 24.3. The second kappa shape index (κ2) is 13.3. The Bertz CT molecular complexity index is 1380. The molecule has 2 aliphatic rings. The normalized spacial score (nSPS) is 18.2. The van der Waals surface area contributed by atoms with Gasteiger partial charge < -0.3 is 24.6 Å². The van der Waals surface area contributed by atoms with Crippen LogP contribution in [0, 0.1) is 0 Å². The highest BCUT2D eigenvalue weighted by molar-refractivity contribution is 7.99. The van der Waals surface area contributed by atoms with Gasteiger partial charge in [-0.1, -0.05) is 23.9 Å². The van der Waals surface area contributed by atoms with E-state index in [4.69, 9.17) is 9.47 Å². The van der Waals surface area contributed by atoms with Gasteiger partial charge in [-0.2, -0.15) is 26.3 Å². The quantitative estimate of drug-likeness (QED) is 0.266. The molecular weight excluding hydrogens is 612 g/mol. The van der Waals surface area contributed by atoms with E-state index in [1.54, 1.807) is 43.9 Å². The lowest BCUT2D eigenvalue weighted by molar-refractivity contribution is -0.163. The van der Waals surface area contributed by atoms with Crippen LogP contribution in [0.3, 0.4) is 0 Å². The van der Waals surface area contributed by atoms with Gasteiger partial charge in [0.05, 0.1) is 24.3 Å². The second-order valence-electron chi connectivity index (χ2n) is 11.4. The minimum Gasteiger partial charge on any atom is -0.444 e. The Balaban J connectivity index is 1.56. The molecule has 0 bridgehead atoms. The van der Waals surface area contributed by atoms with E-state index in [2.05, 4.69) is 5.32 Å². The monoisotopic (exact) mass is 645 g/mol. The predicted octanol–water partition coefficient (Wildman–Crippen LogP) is 7.17. The number of hydrogen-bond acceptors (Lipinski definition) is 6. The zero-order valence-corrected chi connectivity index (χ0v) is 25.2. The van der Waals surface area contributed by atoms with Gasteiger partial charge >= 0.3 is 18.4 Å². The van der Waals surface area contributed by atoms with Gasteiger partial charge in [0.25, 0.3) is 0 Å². The number of alkyl halides is 6. The number of carbonyl (C=O) groups excluding carboxylic acids is 2. The average Bonchev–Trinajstić information content (AvgIpc) is 3.39. The third-order valence-electron chi connectivity index (χ3n) is 6.77. The summed E-state index contributed by atoms with van der Waals surface area (Å²) in [6.07, 6.45) is -8.91. The maximum atomic E-state index is 14.3. The molecule has 2 aromatic rings. The Morgan fingerprint density at radius 3 is 2.27 bits per heavy atom. The van der Waals surface area contributed by atoms with E-state index in [9.17, 15) is 35.9 Å². The van der Waals surface area contributed by atoms with Gasteiger partial charge in [0, 0.05) is 53.8 Å². The zero-order chi connectivity index (χ0) is 32.3. The fourth-order valence-electron chi connectivity index (χ4n) is 4.84. The molecule has 240 valence electrons. The lowest BCUT2D eigenvalue weighted by atomic mass is 9.99. The Morgan fingerprint density at radius 1 is 0.955 bits per heavy atom. The lowest BCUT2D eigenvalue weighted by Crippen LogP contribution is -2.39. The summed E-state index contributed by atoms with van der Waals surface area (Å²) in [5.74, 6) is -0.616. The van der Waals surface area contributed by atoms with Crippen LogP contribution < -0.4 is 5.32 Å². The van der Waals surface area contributed by atoms with E-state index < -0.39 is 51.5 Å². The predicted molar refractivity (Wildman–Crippen MR) is 153 cm³/mol. The number of nitrogens with one attached hydrogen (secondary N) is 1. The number of hydrogen-bond donors (Lipinski definition) is 1. The number of likely N-dealkylation sites (tertiary alicyclic amines) is 1. The number of morpholine rings is 1. The van der Waals surface area contributed by atoms with E-state index in [-0.39, 0.29) is 37.2 Å². The molecule has 1 unspecified atom stereocenters. The van der Waals surface area contributed by atoms with Crippen LogP contribution in [0.2, 0.25) is 0 Å². The summed E-state index contributed by atoms with van der Waals surface area (Å²) < 4.78 is 96.0. The first-order valence-corrected chi connectivity index (χ1v) is 14.7. The largest absolute Gasteiger partial charge is 0.444 e. The molecule has 7 nitrogen and oxygen atoms in total. The highest BCUT2D eigenvalue weighted by atomic mass is 32.2. The molecule has 4 rings (SSSR count). The molecule has 2 fully saturated rings. The van der Waals surface area contributed by atoms with Crippen LogP contribution in [0.25, 0.3) is 6.08 Å². The molecule has 14 heteroatoms. The number of nitrogens with zero attached hydrogens (tertiary/aromatic N) is 2. The molecule has 2 heterocycles. The van der Waals surface area contributed by atoms with Crippen molar-refractivity contribution < 1.29 is 45.4 Å². The molecular formula is C30H33F6N3O4S. The molecule has 2 aliphatic heterocycles. The summed E-state index contributed by atoms with van der Waals surface area (Å²) in [5.41, 5.74) is -4.55. The third kappa shape index (κ3) is 8.84. The number of anilines is 1. The van der Waals surface area contributed by atoms with Gasteiger partial charge in [0.15, 0.2) is 0 Å². The van der Waals surface area contributed by atoms with Crippen molar-refractivity contribution in [1.29, 1.82) is 0 Å². The minimum atomic E-state index is -5.35. The molecule has 0 aliphatic carbocycles. The SMILES string of the molecule is CC(C)(C)OC(=O)N1CCC(Nc2cccc(Sc3ccc(/C=C/C(=O)N4CCOCC4)c(C(F)(F)F)c3C(F)(F)F)c2)C1. The minimum absolute atomic E-state index is 0.156. The van der Waals surface area contributed by atoms with E-state index >= 15 is 0 Å². The Kier molecular flexibility index (Phi) is 10.1. The third-order valence-corrected chi connectivity index (χ3v) is 7.82. The summed E-state index contributed by atoms with van der Waals surface area (Å²) in [4.78, 5) is 27.4. The van der Waals surface area contributed by atoms with Crippen LogP contribution in [0.1, 0.15) is 43.9 Å². The summed E-state index contributed by atoms with van der Waals surface area (Å²) >= 11 is 0.553. The molecule has 0 saturated carbocycles. The summed E-state index contributed by atoms with van der Waals surface area (Å²) in [7, 11) is 0. The first-order chi connectivity index (χ1) is 20.5. The van der Waals surface area contributed by atoms with Crippen molar-refractivity contribution in [2.24, 2.45) is 0 Å². The number of amides is 2. The van der Waals surface area contributed by atoms with Crippen LogP contribution in [0.15, 0.2) is 52.3 Å². The van der Waals surface area contributed by atoms with Crippen LogP contribution in [0.5, 0.6) is 0 Å². The fourth-order valence-corrected chi connectivity index (χ4v) is 5.89. The molecule has 2 amide bonds. The van der Waals surface area contributed by atoms with Gasteiger partial charge in [0.1, 0.15) is 5.60 Å². The maximum absolute atomic E-state index is 14.3. The van der Waals surface area contributed by atoms with Crippen molar-refractivity contribution in [3.63, 3.8) is 0 Å². The molecule has 2 saturated heterocycles. The van der Waals surface area contributed by atoms with E-state index in [0.29, 0.717) is 37.0 Å². The van der Waals surface area contributed by atoms with Crippen molar-refractivity contribution in [2.45, 2.75) is 61.0 Å². The smallest absolute Gasteiger partial charge is 0.418 e. The maximum Gasteiger partial charge on any atom is 0.418 e. The van der Waals surface area contributed by atoms with E-state index in [1.807, 2.05) is 0 Å². The highest BCUT2D eigenvalue weighted by Crippen LogP contribution is 2.48. The van der Waals surface area contributed by atoms with E-state index in [0.717, 1.165) is 24.3 Å². The Hall–Kier alpha value is -3.39. The number of rotatable bonds is 6. The number of benzene rings is 2. The number of halogens is 6. The molecule has 44 heavy (non-hydrogen) atoms. The Labute approximate surface area is 255 Å². The van der Waals surface area contributed by atoms with Gasteiger partial charge in [-0.05, 0) is 63.1 Å². The van der Waals surface area contributed by atoms with Crippen LogP contribution in [-0.2, 0) is 26.6 Å². The second-order valence-corrected chi connectivity index (χ2v) is 12.5. The average molecular weight is 646 g/mol. The highest BCUT2D eigenvalue weighted by Gasteiger charge is 2.46. The number of carbonyl (C=O) groups is 2. The molecule has 0 spiro atoms. The van der Waals surface area contributed by atoms with Crippen molar-refractivity contribution >= 4 is 35.5 Å². The van der Waals surface area contributed by atoms with Crippen LogP contribution >= 0.6 is 11.8 Å². The molecule has 1 N–H and O–H groups in total. The topological polar surface area (TPSA) is 71.1 Å². The molecule has 0 aromatic heterocycles. The fraction of sp³-hybridized carbons (Fsp3) is 0.467. The van der Waals surface area contributed by atoms with Gasteiger partial charge in [-0.15, -0.1) is 0 Å². The first-order valence-electron chi connectivity index (χ1n) is 13.9. The van der Waals surface area contributed by atoms with Crippen LogP contribution in [-0.4, -0.2) is 72.8 Å². The van der Waals surface area contributed by atoms with Gasteiger partial charge in [-0.25, -0.2) is 4.79 Å². The lowest BCUT2D eigenvalue weighted by Gasteiger charge is -2.25. The van der Waals surface area contributed by atoms with Gasteiger partial charge in [-0.3, -0.25) is 4.79 Å². The van der Waals surface area contributed by atoms with Crippen molar-refractivity contribution in [3.8, 4) is 0 Å². The first kappa shape index (κ1) is 33.5. The summed E-state index contributed by atoms with van der Waals surface area (Å²) in [6.45, 7) is 7.08. The van der Waals surface area contributed by atoms with Crippen LogP contribution in [0.4, 0.5) is 36.8 Å². The van der Waals surface area contributed by atoms with Crippen molar-refractivity contribution in [2.75, 3.05) is 44.7 Å². The van der Waals surface area contributed by atoms with Crippen molar-refractivity contribution in [1.82, 2.24) is 9.80 Å². The summed E-state index contributed by atoms with van der Waals surface area (Å²) in [5, 5.41) is 3.24. The molecule has 2 aromatic carbocycles. The van der Waals surface area contributed by atoms with E-state index in [1.165, 1.54) is 11.0 Å². The van der Waals surface area contributed by atoms with Crippen molar-refractivity contribution in [3.05, 3.63) is 59.2 Å². The van der Waals surface area contributed by atoms with Gasteiger partial charge in [0.2, 0.25) is 5.91 Å². The Morgan fingerprint density at radius 2 is 1.64 bits per heavy atom. The number of ether oxygens (including phenoxy) is 2. The molecule has 1 atom stereocenters.